The second-order valence-electron chi connectivity index (χ2n) is 5.81. The van der Waals surface area contributed by atoms with E-state index in [0.29, 0.717) is 24.5 Å². The second-order valence-corrected chi connectivity index (χ2v) is 6.22. The van der Waals surface area contributed by atoms with E-state index in [1.807, 2.05) is 24.3 Å². The molecule has 2 rings (SSSR count). The molecular weight excluding hydrogens is 272 g/mol. The van der Waals surface area contributed by atoms with Crippen molar-refractivity contribution >= 4 is 17.5 Å². The summed E-state index contributed by atoms with van der Waals surface area (Å²) >= 11 is 6.08. The van der Waals surface area contributed by atoms with Gasteiger partial charge in [-0.05, 0) is 36.4 Å². The zero-order chi connectivity index (χ0) is 14.4. The monoisotopic (exact) mass is 294 g/mol. The largest absolute Gasteiger partial charge is 0.352 e. The van der Waals surface area contributed by atoms with Gasteiger partial charge in [0, 0.05) is 18.0 Å². The number of carbonyl (C=O) groups excluding carboxylic acids is 1. The Labute approximate surface area is 125 Å². The highest BCUT2D eigenvalue weighted by molar-refractivity contribution is 6.31. The Morgan fingerprint density at radius 2 is 1.95 bits per heavy atom. The average molecular weight is 295 g/mol. The van der Waals surface area contributed by atoms with Crippen LogP contribution in [-0.4, -0.2) is 12.5 Å². The van der Waals surface area contributed by atoms with E-state index in [9.17, 15) is 4.79 Å². The van der Waals surface area contributed by atoms with Gasteiger partial charge in [0.2, 0.25) is 5.91 Å². The normalized spacial score (nSPS) is 17.7. The van der Waals surface area contributed by atoms with Gasteiger partial charge in [0.25, 0.3) is 0 Å². The number of amides is 1. The highest BCUT2D eigenvalue weighted by atomic mass is 35.5. The van der Waals surface area contributed by atoms with Crippen LogP contribution in [0.2, 0.25) is 5.02 Å². The molecule has 0 radical (unpaired) electrons. The summed E-state index contributed by atoms with van der Waals surface area (Å²) in [6.07, 6.45) is 6.33. The summed E-state index contributed by atoms with van der Waals surface area (Å²) in [5.41, 5.74) is 6.89. The first kappa shape index (κ1) is 15.3. The molecule has 0 spiro atoms. The third-order valence-corrected chi connectivity index (χ3v) is 4.69. The molecule has 1 fully saturated rings. The fourth-order valence-electron chi connectivity index (χ4n) is 2.99. The molecule has 1 aromatic rings. The highest BCUT2D eigenvalue weighted by Crippen LogP contribution is 2.38. The molecule has 1 aliphatic rings. The van der Waals surface area contributed by atoms with Crippen LogP contribution < -0.4 is 11.1 Å². The van der Waals surface area contributed by atoms with Crippen LogP contribution in [0.5, 0.6) is 0 Å². The van der Waals surface area contributed by atoms with Gasteiger partial charge in [-0.25, -0.2) is 0 Å². The van der Waals surface area contributed by atoms with E-state index >= 15 is 0 Å². The predicted octanol–water partition coefficient (Wildman–Crippen LogP) is 3.26. The molecule has 1 saturated carbocycles. The number of hydrogen-bond donors (Lipinski definition) is 2. The van der Waals surface area contributed by atoms with Crippen molar-refractivity contribution in [2.45, 2.75) is 45.1 Å². The molecule has 0 unspecified atom stereocenters. The number of halogens is 1. The molecule has 0 heterocycles. The molecule has 0 atom stereocenters. The van der Waals surface area contributed by atoms with E-state index in [4.69, 9.17) is 17.3 Å². The fourth-order valence-corrected chi connectivity index (χ4v) is 3.20. The molecule has 0 saturated heterocycles. The molecule has 4 heteroatoms. The molecule has 0 bridgehead atoms. The molecule has 20 heavy (non-hydrogen) atoms. The molecule has 3 N–H and O–H groups in total. The van der Waals surface area contributed by atoms with Crippen molar-refractivity contribution in [3.63, 3.8) is 0 Å². The predicted molar refractivity (Wildman–Crippen MR) is 82.5 cm³/mol. The lowest BCUT2D eigenvalue weighted by Gasteiger charge is -2.35. The minimum Gasteiger partial charge on any atom is -0.352 e. The van der Waals surface area contributed by atoms with Crippen LogP contribution in [0.25, 0.3) is 0 Å². The van der Waals surface area contributed by atoms with Crippen LogP contribution >= 0.6 is 11.6 Å². The van der Waals surface area contributed by atoms with Gasteiger partial charge >= 0.3 is 0 Å². The van der Waals surface area contributed by atoms with Crippen molar-refractivity contribution in [2.75, 3.05) is 6.54 Å². The lowest BCUT2D eigenvalue weighted by Crippen LogP contribution is -2.38. The maximum Gasteiger partial charge on any atom is 0.220 e. The summed E-state index contributed by atoms with van der Waals surface area (Å²) in [5, 5.41) is 3.66. The summed E-state index contributed by atoms with van der Waals surface area (Å²) in [6.45, 7) is 1.09. The lowest BCUT2D eigenvalue weighted by atomic mass is 9.71. The maximum atomic E-state index is 12.2. The Kier molecular flexibility index (Phi) is 5.44. The Balaban J connectivity index is 1.87. The van der Waals surface area contributed by atoms with Gasteiger partial charge < -0.3 is 11.1 Å². The summed E-state index contributed by atoms with van der Waals surface area (Å²) in [5.74, 6) is 0.0808. The molecule has 3 nitrogen and oxygen atoms in total. The third-order valence-electron chi connectivity index (χ3n) is 4.32. The molecule has 0 aromatic heterocycles. The number of carbonyl (C=O) groups is 1. The van der Waals surface area contributed by atoms with Crippen LogP contribution in [0.3, 0.4) is 0 Å². The van der Waals surface area contributed by atoms with E-state index in [0.717, 1.165) is 18.4 Å². The van der Waals surface area contributed by atoms with Crippen molar-refractivity contribution in [1.82, 2.24) is 5.32 Å². The third kappa shape index (κ3) is 3.97. The summed E-state index contributed by atoms with van der Waals surface area (Å²) < 4.78 is 0. The summed E-state index contributed by atoms with van der Waals surface area (Å²) in [7, 11) is 0. The van der Waals surface area contributed by atoms with Crippen molar-refractivity contribution in [3.05, 3.63) is 34.9 Å². The van der Waals surface area contributed by atoms with Gasteiger partial charge in [-0.15, -0.1) is 0 Å². The first-order valence-electron chi connectivity index (χ1n) is 7.35. The number of hydrogen-bond acceptors (Lipinski definition) is 2. The zero-order valence-electron chi connectivity index (χ0n) is 11.8. The van der Waals surface area contributed by atoms with E-state index in [1.165, 1.54) is 19.3 Å². The van der Waals surface area contributed by atoms with Gasteiger partial charge in [0.05, 0.1) is 0 Å². The number of benzene rings is 1. The Bertz CT molecular complexity index is 456. The molecule has 1 aromatic carbocycles. The van der Waals surface area contributed by atoms with Crippen LogP contribution in [-0.2, 0) is 11.3 Å². The Hall–Kier alpha value is -1.06. The molecule has 1 aliphatic carbocycles. The molecule has 110 valence electrons. The van der Waals surface area contributed by atoms with E-state index < -0.39 is 0 Å². The summed E-state index contributed by atoms with van der Waals surface area (Å²) in [6, 6.07) is 7.59. The number of nitrogens with two attached hydrogens (primary N) is 1. The van der Waals surface area contributed by atoms with Crippen LogP contribution in [0.4, 0.5) is 0 Å². The van der Waals surface area contributed by atoms with E-state index in [1.54, 1.807) is 0 Å². The first-order valence-corrected chi connectivity index (χ1v) is 7.73. The van der Waals surface area contributed by atoms with Gasteiger partial charge in [0.15, 0.2) is 0 Å². The zero-order valence-corrected chi connectivity index (χ0v) is 12.6. The number of rotatable bonds is 5. The lowest BCUT2D eigenvalue weighted by molar-refractivity contribution is -0.124. The summed E-state index contributed by atoms with van der Waals surface area (Å²) in [4.78, 5) is 12.2. The standard InChI is InChI=1S/C16H23ClN2O/c17-14-7-3-2-6-13(14)11-19-15(20)10-16(12-18)8-4-1-5-9-16/h2-3,6-7H,1,4-5,8-12,18H2,(H,19,20). The smallest absolute Gasteiger partial charge is 0.220 e. The van der Waals surface area contributed by atoms with E-state index in [-0.39, 0.29) is 11.3 Å². The second kappa shape index (κ2) is 7.09. The van der Waals surface area contributed by atoms with Crippen molar-refractivity contribution < 1.29 is 4.79 Å². The van der Waals surface area contributed by atoms with Crippen LogP contribution in [0, 0.1) is 5.41 Å². The topological polar surface area (TPSA) is 55.1 Å². The molecular formula is C16H23ClN2O. The van der Waals surface area contributed by atoms with Crippen molar-refractivity contribution in [2.24, 2.45) is 11.1 Å². The molecule has 1 amide bonds. The fraction of sp³-hybridized carbons (Fsp3) is 0.562. The highest BCUT2D eigenvalue weighted by Gasteiger charge is 2.32. The quantitative estimate of drug-likeness (QED) is 0.876. The van der Waals surface area contributed by atoms with Crippen molar-refractivity contribution in [1.29, 1.82) is 0 Å². The van der Waals surface area contributed by atoms with Gasteiger partial charge in [-0.2, -0.15) is 0 Å². The Morgan fingerprint density at radius 1 is 1.25 bits per heavy atom. The number of nitrogens with one attached hydrogen (secondary N) is 1. The first-order chi connectivity index (χ1) is 9.65. The maximum absolute atomic E-state index is 12.2. The van der Waals surface area contributed by atoms with E-state index in [2.05, 4.69) is 5.32 Å². The minimum atomic E-state index is 0.0167. The minimum absolute atomic E-state index is 0.0167. The van der Waals surface area contributed by atoms with Crippen LogP contribution in [0.1, 0.15) is 44.1 Å². The SMILES string of the molecule is NCC1(CC(=O)NCc2ccccc2Cl)CCCCC1. The van der Waals surface area contributed by atoms with Gasteiger partial charge in [-0.3, -0.25) is 4.79 Å². The molecule has 0 aliphatic heterocycles. The Morgan fingerprint density at radius 3 is 2.60 bits per heavy atom. The average Bonchev–Trinajstić information content (AvgIpc) is 2.47. The van der Waals surface area contributed by atoms with Gasteiger partial charge in [-0.1, -0.05) is 49.1 Å². The van der Waals surface area contributed by atoms with Crippen LogP contribution in [0.15, 0.2) is 24.3 Å². The van der Waals surface area contributed by atoms with Gasteiger partial charge in [0.1, 0.15) is 0 Å². The van der Waals surface area contributed by atoms with Crippen molar-refractivity contribution in [3.8, 4) is 0 Å².